The number of carbonyl (C=O) groups is 2. The molecule has 1 aromatic heterocycles. The predicted molar refractivity (Wildman–Crippen MR) is 106 cm³/mol. The van der Waals surface area contributed by atoms with Crippen LogP contribution in [0.25, 0.3) is 6.08 Å². The van der Waals surface area contributed by atoms with E-state index >= 15 is 0 Å². The summed E-state index contributed by atoms with van der Waals surface area (Å²) < 4.78 is 16.1. The zero-order chi connectivity index (χ0) is 20.1. The van der Waals surface area contributed by atoms with E-state index in [0.717, 1.165) is 18.6 Å². The van der Waals surface area contributed by atoms with Crippen LogP contribution in [0.3, 0.4) is 0 Å². The first kappa shape index (κ1) is 19.5. The topological polar surface area (TPSA) is 81.0 Å². The van der Waals surface area contributed by atoms with E-state index in [-0.39, 0.29) is 11.8 Å². The minimum atomic E-state index is -0.378. The molecule has 1 aliphatic heterocycles. The van der Waals surface area contributed by atoms with E-state index in [1.165, 1.54) is 20.3 Å². The van der Waals surface area contributed by atoms with Crippen molar-refractivity contribution in [2.24, 2.45) is 0 Å². The molecule has 2 aromatic rings. The Morgan fingerprint density at radius 2 is 1.79 bits per heavy atom. The van der Waals surface area contributed by atoms with Crippen molar-refractivity contribution >= 4 is 23.6 Å². The van der Waals surface area contributed by atoms with E-state index in [9.17, 15) is 9.59 Å². The molecule has 2 amide bonds. The van der Waals surface area contributed by atoms with Crippen molar-refractivity contribution in [3.63, 3.8) is 0 Å². The van der Waals surface area contributed by atoms with Crippen LogP contribution in [0.5, 0.6) is 11.5 Å². The number of hydrogen-bond acceptors (Lipinski definition) is 5. The highest BCUT2D eigenvalue weighted by Crippen LogP contribution is 2.34. The number of likely N-dealkylation sites (tertiary alicyclic amines) is 1. The van der Waals surface area contributed by atoms with Crippen LogP contribution in [0, 0.1) is 6.92 Å². The third-order valence-electron chi connectivity index (χ3n) is 4.57. The standard InChI is InChI=1S/C21H24N2O5/c1-14-6-7-15(28-14)8-9-20(24)22-17-13-19(27-3)18(26-2)12-16(17)21(25)23-10-4-5-11-23/h6-9,12-13H,4-5,10-11H2,1-3H3,(H,22,24)/b9-8+. The molecule has 148 valence electrons. The van der Waals surface area contributed by atoms with Crippen molar-refractivity contribution in [3.8, 4) is 11.5 Å². The maximum absolute atomic E-state index is 12.9. The zero-order valence-corrected chi connectivity index (χ0v) is 16.3. The fourth-order valence-electron chi connectivity index (χ4n) is 3.13. The molecule has 0 spiro atoms. The SMILES string of the molecule is COc1cc(NC(=O)/C=C/c2ccc(C)o2)c(C(=O)N2CCCC2)cc1OC. The van der Waals surface area contributed by atoms with Crippen molar-refractivity contribution in [2.75, 3.05) is 32.6 Å². The summed E-state index contributed by atoms with van der Waals surface area (Å²) in [5, 5.41) is 2.77. The second-order valence-electron chi connectivity index (χ2n) is 6.52. The molecule has 0 unspecified atom stereocenters. The Hall–Kier alpha value is -3.22. The highest BCUT2D eigenvalue weighted by molar-refractivity contribution is 6.08. The number of nitrogens with one attached hydrogen (secondary N) is 1. The van der Waals surface area contributed by atoms with Crippen LogP contribution in [0.1, 0.15) is 34.7 Å². The van der Waals surface area contributed by atoms with E-state index in [4.69, 9.17) is 13.9 Å². The molecular formula is C21H24N2O5. The molecule has 1 aliphatic rings. The van der Waals surface area contributed by atoms with Gasteiger partial charge in [0, 0.05) is 25.2 Å². The van der Waals surface area contributed by atoms with Gasteiger partial charge in [0.25, 0.3) is 5.91 Å². The van der Waals surface area contributed by atoms with Gasteiger partial charge < -0.3 is 24.1 Å². The summed E-state index contributed by atoms with van der Waals surface area (Å²) in [6.45, 7) is 3.24. The van der Waals surface area contributed by atoms with Gasteiger partial charge in [-0.1, -0.05) is 0 Å². The molecular weight excluding hydrogens is 360 g/mol. The zero-order valence-electron chi connectivity index (χ0n) is 16.3. The largest absolute Gasteiger partial charge is 0.493 e. The van der Waals surface area contributed by atoms with Gasteiger partial charge in [-0.05, 0) is 44.0 Å². The van der Waals surface area contributed by atoms with Gasteiger partial charge >= 0.3 is 0 Å². The van der Waals surface area contributed by atoms with Crippen LogP contribution in [-0.4, -0.2) is 44.0 Å². The third kappa shape index (κ3) is 4.36. The third-order valence-corrected chi connectivity index (χ3v) is 4.57. The molecule has 0 saturated carbocycles. The number of methoxy groups -OCH3 is 2. The lowest BCUT2D eigenvalue weighted by Gasteiger charge is -2.19. The van der Waals surface area contributed by atoms with Gasteiger partial charge in [-0.25, -0.2) is 0 Å². The van der Waals surface area contributed by atoms with Crippen molar-refractivity contribution in [1.82, 2.24) is 4.90 Å². The first-order valence-electron chi connectivity index (χ1n) is 9.12. The summed E-state index contributed by atoms with van der Waals surface area (Å²) in [7, 11) is 3.01. The number of amides is 2. The average molecular weight is 384 g/mol. The second-order valence-corrected chi connectivity index (χ2v) is 6.52. The Kier molecular flexibility index (Phi) is 6.03. The highest BCUT2D eigenvalue weighted by atomic mass is 16.5. The Morgan fingerprint density at radius 1 is 1.11 bits per heavy atom. The molecule has 2 heterocycles. The number of aryl methyl sites for hydroxylation is 1. The van der Waals surface area contributed by atoms with E-state index in [1.807, 2.05) is 13.0 Å². The van der Waals surface area contributed by atoms with Gasteiger partial charge in [0.1, 0.15) is 11.5 Å². The number of benzene rings is 1. The lowest BCUT2D eigenvalue weighted by Crippen LogP contribution is -2.28. The molecule has 0 atom stereocenters. The van der Waals surface area contributed by atoms with Gasteiger partial charge in [-0.3, -0.25) is 9.59 Å². The fourth-order valence-corrected chi connectivity index (χ4v) is 3.13. The molecule has 0 bridgehead atoms. The Balaban J connectivity index is 1.87. The Morgan fingerprint density at radius 3 is 2.39 bits per heavy atom. The molecule has 28 heavy (non-hydrogen) atoms. The molecule has 3 rings (SSSR count). The number of ether oxygens (including phenoxy) is 2. The molecule has 1 fully saturated rings. The molecule has 7 nitrogen and oxygen atoms in total. The lowest BCUT2D eigenvalue weighted by atomic mass is 10.1. The van der Waals surface area contributed by atoms with Crippen LogP contribution in [0.15, 0.2) is 34.8 Å². The molecule has 7 heteroatoms. The van der Waals surface area contributed by atoms with Crippen LogP contribution in [-0.2, 0) is 4.79 Å². The van der Waals surface area contributed by atoms with Gasteiger partial charge in [0.15, 0.2) is 11.5 Å². The lowest BCUT2D eigenvalue weighted by molar-refractivity contribution is -0.111. The Labute approximate surface area is 163 Å². The van der Waals surface area contributed by atoms with Crippen molar-refractivity contribution in [3.05, 3.63) is 47.4 Å². The molecule has 1 N–H and O–H groups in total. The summed E-state index contributed by atoms with van der Waals surface area (Å²) in [4.78, 5) is 27.1. The number of hydrogen-bond donors (Lipinski definition) is 1. The second kappa shape index (κ2) is 8.65. The molecule has 0 radical (unpaired) electrons. The van der Waals surface area contributed by atoms with E-state index in [1.54, 1.807) is 29.2 Å². The van der Waals surface area contributed by atoms with Crippen molar-refractivity contribution in [2.45, 2.75) is 19.8 Å². The normalized spacial score (nSPS) is 13.8. The van der Waals surface area contributed by atoms with Gasteiger partial charge in [-0.2, -0.15) is 0 Å². The van der Waals surface area contributed by atoms with Gasteiger partial charge in [0.05, 0.1) is 25.5 Å². The van der Waals surface area contributed by atoms with E-state index in [0.29, 0.717) is 41.6 Å². The quantitative estimate of drug-likeness (QED) is 0.771. The number of rotatable bonds is 6. The monoisotopic (exact) mass is 384 g/mol. The summed E-state index contributed by atoms with van der Waals surface area (Å²) in [6.07, 6.45) is 4.89. The number of nitrogens with zero attached hydrogens (tertiary/aromatic N) is 1. The molecule has 1 aromatic carbocycles. The summed E-state index contributed by atoms with van der Waals surface area (Å²) in [5.74, 6) is 1.69. The maximum Gasteiger partial charge on any atom is 0.256 e. The molecule has 1 saturated heterocycles. The van der Waals surface area contributed by atoms with Crippen LogP contribution in [0.2, 0.25) is 0 Å². The van der Waals surface area contributed by atoms with E-state index < -0.39 is 0 Å². The average Bonchev–Trinajstić information content (AvgIpc) is 3.37. The minimum absolute atomic E-state index is 0.139. The van der Waals surface area contributed by atoms with Gasteiger partial charge in [0.2, 0.25) is 5.91 Å². The first-order valence-corrected chi connectivity index (χ1v) is 9.12. The van der Waals surface area contributed by atoms with Crippen LogP contribution >= 0.6 is 0 Å². The number of anilines is 1. The smallest absolute Gasteiger partial charge is 0.256 e. The fraction of sp³-hybridized carbons (Fsp3) is 0.333. The summed E-state index contributed by atoms with van der Waals surface area (Å²) >= 11 is 0. The van der Waals surface area contributed by atoms with E-state index in [2.05, 4.69) is 5.32 Å². The van der Waals surface area contributed by atoms with Crippen LogP contribution in [0.4, 0.5) is 5.69 Å². The molecule has 0 aliphatic carbocycles. The summed E-state index contributed by atoms with van der Waals surface area (Å²) in [6, 6.07) is 6.80. The number of furan rings is 1. The summed E-state index contributed by atoms with van der Waals surface area (Å²) in [5.41, 5.74) is 0.745. The van der Waals surface area contributed by atoms with Crippen LogP contribution < -0.4 is 14.8 Å². The maximum atomic E-state index is 12.9. The highest BCUT2D eigenvalue weighted by Gasteiger charge is 2.24. The minimum Gasteiger partial charge on any atom is -0.493 e. The van der Waals surface area contributed by atoms with Gasteiger partial charge in [-0.15, -0.1) is 0 Å². The van der Waals surface area contributed by atoms with Crippen molar-refractivity contribution < 1.29 is 23.5 Å². The first-order chi connectivity index (χ1) is 13.5. The van der Waals surface area contributed by atoms with Crippen molar-refractivity contribution in [1.29, 1.82) is 0 Å². The number of carbonyl (C=O) groups excluding carboxylic acids is 2. The Bertz CT molecular complexity index is 894. The predicted octanol–water partition coefficient (Wildman–Crippen LogP) is 3.49.